The average Bonchev–Trinajstić information content (AvgIpc) is 2.84. The van der Waals surface area contributed by atoms with Crippen LogP contribution in [0.15, 0.2) is 18.6 Å². The zero-order valence-electron chi connectivity index (χ0n) is 10.3. The summed E-state index contributed by atoms with van der Waals surface area (Å²) in [5.74, 6) is 0.578. The molecule has 5 nitrogen and oxygen atoms in total. The topological polar surface area (TPSA) is 63.0 Å². The zero-order chi connectivity index (χ0) is 12.4. The largest absolute Gasteiger partial charge is 0.394 e. The molecule has 1 saturated heterocycles. The van der Waals surface area contributed by atoms with Gasteiger partial charge in [0.1, 0.15) is 0 Å². The molecule has 2 aromatic rings. The Morgan fingerprint density at radius 3 is 2.89 bits per heavy atom. The van der Waals surface area contributed by atoms with E-state index in [1.54, 1.807) is 0 Å². The molecule has 0 bridgehead atoms. The lowest BCUT2D eigenvalue weighted by atomic mass is 9.89. The number of nitrogens with one attached hydrogen (secondary N) is 1. The van der Waals surface area contributed by atoms with E-state index in [2.05, 4.69) is 15.4 Å². The molecule has 0 saturated carbocycles. The number of piperidine rings is 1. The van der Waals surface area contributed by atoms with Gasteiger partial charge in [-0.25, -0.2) is 0 Å². The van der Waals surface area contributed by atoms with E-state index in [0.29, 0.717) is 12.5 Å². The predicted octanol–water partition coefficient (Wildman–Crippen LogP) is 0.891. The molecule has 18 heavy (non-hydrogen) atoms. The van der Waals surface area contributed by atoms with Crippen LogP contribution in [0.5, 0.6) is 0 Å². The van der Waals surface area contributed by atoms with Crippen LogP contribution in [0.3, 0.4) is 0 Å². The van der Waals surface area contributed by atoms with Gasteiger partial charge >= 0.3 is 0 Å². The van der Waals surface area contributed by atoms with E-state index in [1.165, 1.54) is 10.9 Å². The Hall–Kier alpha value is -1.46. The number of pyridine rings is 1. The van der Waals surface area contributed by atoms with E-state index in [0.717, 1.165) is 31.4 Å². The molecule has 0 aliphatic carbocycles. The minimum Gasteiger partial charge on any atom is -0.394 e. The second kappa shape index (κ2) is 5.04. The number of hydrogen-bond acceptors (Lipinski definition) is 4. The Labute approximate surface area is 106 Å². The fourth-order valence-corrected chi connectivity index (χ4v) is 2.74. The highest BCUT2D eigenvalue weighted by molar-refractivity contribution is 5.81. The molecular weight excluding hydrogens is 228 g/mol. The van der Waals surface area contributed by atoms with Crippen molar-refractivity contribution in [2.45, 2.75) is 25.3 Å². The van der Waals surface area contributed by atoms with Crippen LogP contribution >= 0.6 is 0 Å². The summed E-state index contributed by atoms with van der Waals surface area (Å²) in [6, 6.07) is 0. The van der Waals surface area contributed by atoms with Crippen molar-refractivity contribution in [1.82, 2.24) is 20.1 Å². The monoisotopic (exact) mass is 246 g/mol. The first-order valence-corrected chi connectivity index (χ1v) is 6.51. The van der Waals surface area contributed by atoms with Gasteiger partial charge in [-0.15, -0.1) is 0 Å². The number of aliphatic hydroxyl groups excluding tert-OH is 1. The number of nitrogens with zero attached hydrogens (tertiary/aromatic N) is 3. The summed E-state index contributed by atoms with van der Waals surface area (Å²) >= 11 is 0. The summed E-state index contributed by atoms with van der Waals surface area (Å²) in [6.45, 7) is 2.78. The summed E-state index contributed by atoms with van der Waals surface area (Å²) in [5.41, 5.74) is 2.33. The maximum atomic E-state index is 9.03. The Kier molecular flexibility index (Phi) is 3.25. The van der Waals surface area contributed by atoms with Crippen LogP contribution in [0, 0.1) is 0 Å². The standard InChI is InChI=1S/C13H18N4O/c18-6-5-17-13-9-15-7-11(12(13)8-16-17)10-1-3-14-4-2-10/h7-10,14,18H,1-6H2. The molecule has 2 aromatic heterocycles. The molecule has 3 rings (SSSR count). The van der Waals surface area contributed by atoms with Crippen molar-refractivity contribution in [3.8, 4) is 0 Å². The highest BCUT2D eigenvalue weighted by Gasteiger charge is 2.19. The van der Waals surface area contributed by atoms with Gasteiger partial charge in [0.05, 0.1) is 31.1 Å². The summed E-state index contributed by atoms with van der Waals surface area (Å²) in [6.07, 6.45) is 8.04. The Balaban J connectivity index is 2.01. The van der Waals surface area contributed by atoms with Crippen LogP contribution in [0.2, 0.25) is 0 Å². The van der Waals surface area contributed by atoms with Crippen molar-refractivity contribution in [3.63, 3.8) is 0 Å². The zero-order valence-corrected chi connectivity index (χ0v) is 10.3. The number of fused-ring (bicyclic) bond motifs is 1. The first-order valence-electron chi connectivity index (χ1n) is 6.51. The molecule has 0 radical (unpaired) electrons. The maximum absolute atomic E-state index is 9.03. The quantitative estimate of drug-likeness (QED) is 0.844. The SMILES string of the molecule is OCCn1ncc2c(C3CCNCC3)cncc21. The first kappa shape index (κ1) is 11.6. The van der Waals surface area contributed by atoms with E-state index in [9.17, 15) is 0 Å². The molecule has 0 amide bonds. The van der Waals surface area contributed by atoms with Crippen LogP contribution in [0.4, 0.5) is 0 Å². The van der Waals surface area contributed by atoms with Crippen molar-refractivity contribution in [3.05, 3.63) is 24.2 Å². The average molecular weight is 246 g/mol. The molecule has 96 valence electrons. The lowest BCUT2D eigenvalue weighted by Crippen LogP contribution is -2.26. The molecule has 0 atom stereocenters. The van der Waals surface area contributed by atoms with E-state index < -0.39 is 0 Å². The molecule has 1 fully saturated rings. The Morgan fingerprint density at radius 1 is 1.28 bits per heavy atom. The summed E-state index contributed by atoms with van der Waals surface area (Å²) in [5, 5.41) is 17.9. The van der Waals surface area contributed by atoms with Crippen molar-refractivity contribution in [2.75, 3.05) is 19.7 Å². The van der Waals surface area contributed by atoms with E-state index in [-0.39, 0.29) is 6.61 Å². The van der Waals surface area contributed by atoms with Crippen LogP contribution in [0.25, 0.3) is 10.9 Å². The predicted molar refractivity (Wildman–Crippen MR) is 69.5 cm³/mol. The molecule has 0 spiro atoms. The molecular formula is C13H18N4O. The van der Waals surface area contributed by atoms with Gasteiger partial charge in [-0.05, 0) is 37.4 Å². The molecule has 0 aromatic carbocycles. The van der Waals surface area contributed by atoms with Gasteiger partial charge in [-0.2, -0.15) is 5.10 Å². The van der Waals surface area contributed by atoms with Crippen LogP contribution < -0.4 is 5.32 Å². The second-order valence-corrected chi connectivity index (χ2v) is 4.78. The second-order valence-electron chi connectivity index (χ2n) is 4.78. The van der Waals surface area contributed by atoms with Crippen molar-refractivity contribution in [2.24, 2.45) is 0 Å². The van der Waals surface area contributed by atoms with Gasteiger partial charge in [0.2, 0.25) is 0 Å². The van der Waals surface area contributed by atoms with Crippen molar-refractivity contribution in [1.29, 1.82) is 0 Å². The minimum absolute atomic E-state index is 0.106. The molecule has 3 heterocycles. The maximum Gasteiger partial charge on any atom is 0.0869 e. The lowest BCUT2D eigenvalue weighted by molar-refractivity contribution is 0.271. The smallest absolute Gasteiger partial charge is 0.0869 e. The molecule has 1 aliphatic heterocycles. The van der Waals surface area contributed by atoms with Gasteiger partial charge in [0, 0.05) is 11.6 Å². The third kappa shape index (κ3) is 2.00. The molecule has 1 aliphatic rings. The minimum atomic E-state index is 0.106. The van der Waals surface area contributed by atoms with Crippen LogP contribution in [-0.4, -0.2) is 39.6 Å². The summed E-state index contributed by atoms with van der Waals surface area (Å²) in [4.78, 5) is 4.34. The van der Waals surface area contributed by atoms with Gasteiger partial charge in [0.25, 0.3) is 0 Å². The number of rotatable bonds is 3. The molecule has 2 N–H and O–H groups in total. The Bertz CT molecular complexity index is 531. The number of hydrogen-bond donors (Lipinski definition) is 2. The fourth-order valence-electron chi connectivity index (χ4n) is 2.74. The third-order valence-electron chi connectivity index (χ3n) is 3.69. The third-order valence-corrected chi connectivity index (χ3v) is 3.69. The van der Waals surface area contributed by atoms with E-state index in [1.807, 2.05) is 23.3 Å². The van der Waals surface area contributed by atoms with Crippen LogP contribution in [0.1, 0.15) is 24.3 Å². The summed E-state index contributed by atoms with van der Waals surface area (Å²) in [7, 11) is 0. The Morgan fingerprint density at radius 2 is 2.11 bits per heavy atom. The van der Waals surface area contributed by atoms with E-state index in [4.69, 9.17) is 5.11 Å². The lowest BCUT2D eigenvalue weighted by Gasteiger charge is -2.23. The van der Waals surface area contributed by atoms with Crippen LogP contribution in [-0.2, 0) is 6.54 Å². The molecule has 0 unspecified atom stereocenters. The van der Waals surface area contributed by atoms with Gasteiger partial charge in [-0.3, -0.25) is 9.67 Å². The first-order chi connectivity index (χ1) is 8.90. The van der Waals surface area contributed by atoms with Gasteiger partial charge in [-0.1, -0.05) is 0 Å². The van der Waals surface area contributed by atoms with Gasteiger partial charge < -0.3 is 10.4 Å². The fraction of sp³-hybridized carbons (Fsp3) is 0.538. The highest BCUT2D eigenvalue weighted by atomic mass is 16.3. The number of aromatic nitrogens is 3. The van der Waals surface area contributed by atoms with Crippen molar-refractivity contribution < 1.29 is 5.11 Å². The number of aliphatic hydroxyl groups is 1. The van der Waals surface area contributed by atoms with Crippen molar-refractivity contribution >= 4 is 10.9 Å². The van der Waals surface area contributed by atoms with Gasteiger partial charge in [0.15, 0.2) is 0 Å². The molecule has 5 heteroatoms. The summed E-state index contributed by atoms with van der Waals surface area (Å²) < 4.78 is 1.83. The van der Waals surface area contributed by atoms with E-state index >= 15 is 0 Å². The normalized spacial score (nSPS) is 17.4. The highest BCUT2D eigenvalue weighted by Crippen LogP contribution is 2.30.